The number of amides is 2. The highest BCUT2D eigenvalue weighted by atomic mass is 16.5. The lowest BCUT2D eigenvalue weighted by Gasteiger charge is -2.15. The molecule has 0 saturated carbocycles. The second-order valence-electron chi connectivity index (χ2n) is 8.41. The van der Waals surface area contributed by atoms with Gasteiger partial charge in [0.2, 0.25) is 0 Å². The summed E-state index contributed by atoms with van der Waals surface area (Å²) in [6.45, 7) is 7.24. The Kier molecular flexibility index (Phi) is 7.28. The molecule has 3 aromatic rings. The van der Waals surface area contributed by atoms with Crippen LogP contribution >= 0.6 is 0 Å². The zero-order valence-electron chi connectivity index (χ0n) is 19.8. The summed E-state index contributed by atoms with van der Waals surface area (Å²) in [5.41, 5.74) is 2.10. The predicted octanol–water partition coefficient (Wildman–Crippen LogP) is 5.25. The molecule has 0 radical (unpaired) electrons. The van der Waals surface area contributed by atoms with Crippen molar-refractivity contribution in [3.05, 3.63) is 78.0 Å². The van der Waals surface area contributed by atoms with E-state index in [9.17, 15) is 9.59 Å². The summed E-state index contributed by atoms with van der Waals surface area (Å²) in [6.07, 6.45) is 0.630. The molecule has 6 nitrogen and oxygen atoms in total. The summed E-state index contributed by atoms with van der Waals surface area (Å²) in [4.78, 5) is 28.2. The zero-order valence-corrected chi connectivity index (χ0v) is 19.8. The number of rotatable bonds is 10. The molecule has 2 amide bonds. The summed E-state index contributed by atoms with van der Waals surface area (Å²) in [7, 11) is 0. The number of hydrogen-bond donors (Lipinski definition) is 1. The van der Waals surface area contributed by atoms with Gasteiger partial charge in [-0.15, -0.1) is 0 Å². The van der Waals surface area contributed by atoms with Crippen LogP contribution in [0.2, 0.25) is 0 Å². The normalized spacial score (nSPS) is 13.9. The number of hydrogen-bond acceptors (Lipinski definition) is 5. The highest BCUT2D eigenvalue weighted by Crippen LogP contribution is 2.33. The summed E-state index contributed by atoms with van der Waals surface area (Å²) >= 11 is 0. The number of nitrogens with one attached hydrogen (secondary N) is 1. The third-order valence-electron chi connectivity index (χ3n) is 5.61. The van der Waals surface area contributed by atoms with E-state index in [0.29, 0.717) is 43.1 Å². The zero-order chi connectivity index (χ0) is 24.1. The van der Waals surface area contributed by atoms with E-state index in [1.165, 1.54) is 4.90 Å². The maximum absolute atomic E-state index is 13.4. The minimum absolute atomic E-state index is 0.0455. The Hall–Kier alpha value is -3.64. The standard InChI is InChI=1S/C28H30N2O4/c1-4-33-18-8-17-30-27(31)25(21-13-15-22(16-14-21)34-19(2)3)26(28(30)32)29-24-12-7-10-20-9-5-6-11-23(20)24/h5-7,9-16,19,29H,4,8,17-18H2,1-3H3. The maximum atomic E-state index is 13.4. The van der Waals surface area contributed by atoms with Gasteiger partial charge in [-0.2, -0.15) is 0 Å². The van der Waals surface area contributed by atoms with Gasteiger partial charge in [-0.3, -0.25) is 14.5 Å². The van der Waals surface area contributed by atoms with Crippen LogP contribution in [0, 0.1) is 0 Å². The number of ether oxygens (including phenoxy) is 2. The van der Waals surface area contributed by atoms with E-state index in [1.807, 2.05) is 87.5 Å². The monoisotopic (exact) mass is 458 g/mol. The van der Waals surface area contributed by atoms with Crippen LogP contribution in [0.3, 0.4) is 0 Å². The van der Waals surface area contributed by atoms with E-state index >= 15 is 0 Å². The Balaban J connectivity index is 1.71. The van der Waals surface area contributed by atoms with Gasteiger partial charge in [-0.1, -0.05) is 48.5 Å². The third kappa shape index (κ3) is 4.97. The fraction of sp³-hybridized carbons (Fsp3) is 0.286. The molecule has 0 fully saturated rings. The van der Waals surface area contributed by atoms with Crippen LogP contribution < -0.4 is 10.1 Å². The number of fused-ring (bicyclic) bond motifs is 1. The van der Waals surface area contributed by atoms with Gasteiger partial charge in [-0.05, 0) is 56.3 Å². The molecule has 0 aromatic heterocycles. The smallest absolute Gasteiger partial charge is 0.278 e. The SMILES string of the molecule is CCOCCCN1C(=O)C(Nc2cccc3ccccc23)=C(c2ccc(OC(C)C)cc2)C1=O. The summed E-state index contributed by atoms with van der Waals surface area (Å²) in [5, 5.41) is 5.33. The molecule has 0 aliphatic carbocycles. The van der Waals surface area contributed by atoms with E-state index in [1.54, 1.807) is 0 Å². The highest BCUT2D eigenvalue weighted by molar-refractivity contribution is 6.36. The molecular weight excluding hydrogens is 428 g/mol. The first-order valence-electron chi connectivity index (χ1n) is 11.7. The summed E-state index contributed by atoms with van der Waals surface area (Å²) in [6, 6.07) is 21.1. The number of anilines is 1. The molecule has 1 aliphatic heterocycles. The molecule has 6 heteroatoms. The summed E-state index contributed by atoms with van der Waals surface area (Å²) < 4.78 is 11.1. The Morgan fingerprint density at radius 3 is 2.38 bits per heavy atom. The first kappa shape index (κ1) is 23.5. The van der Waals surface area contributed by atoms with E-state index in [2.05, 4.69) is 5.32 Å². The molecule has 0 saturated heterocycles. The molecule has 3 aromatic carbocycles. The van der Waals surface area contributed by atoms with Crippen LogP contribution in [0.4, 0.5) is 5.69 Å². The van der Waals surface area contributed by atoms with Gasteiger partial charge in [0, 0.05) is 30.8 Å². The topological polar surface area (TPSA) is 67.9 Å². The van der Waals surface area contributed by atoms with Crippen LogP contribution in [-0.2, 0) is 14.3 Å². The summed E-state index contributed by atoms with van der Waals surface area (Å²) in [5.74, 6) is 0.0851. The van der Waals surface area contributed by atoms with Crippen LogP contribution in [0.5, 0.6) is 5.75 Å². The molecule has 0 spiro atoms. The van der Waals surface area contributed by atoms with Crippen LogP contribution in [-0.4, -0.2) is 42.6 Å². The van der Waals surface area contributed by atoms with Gasteiger partial charge in [0.05, 0.1) is 11.7 Å². The second kappa shape index (κ2) is 10.5. The first-order chi connectivity index (χ1) is 16.5. The minimum atomic E-state index is -0.327. The number of nitrogens with zero attached hydrogens (tertiary/aromatic N) is 1. The van der Waals surface area contributed by atoms with Crippen molar-refractivity contribution in [1.29, 1.82) is 0 Å². The molecule has 34 heavy (non-hydrogen) atoms. The molecule has 1 heterocycles. The average Bonchev–Trinajstić information content (AvgIpc) is 3.06. The van der Waals surface area contributed by atoms with Crippen molar-refractivity contribution >= 4 is 33.8 Å². The minimum Gasteiger partial charge on any atom is -0.491 e. The van der Waals surface area contributed by atoms with Gasteiger partial charge in [-0.25, -0.2) is 0 Å². The van der Waals surface area contributed by atoms with Crippen molar-refractivity contribution in [3.8, 4) is 5.75 Å². The Morgan fingerprint density at radius 2 is 1.65 bits per heavy atom. The van der Waals surface area contributed by atoms with E-state index in [0.717, 1.165) is 16.5 Å². The third-order valence-corrected chi connectivity index (χ3v) is 5.61. The lowest BCUT2D eigenvalue weighted by atomic mass is 10.0. The second-order valence-corrected chi connectivity index (χ2v) is 8.41. The van der Waals surface area contributed by atoms with E-state index < -0.39 is 0 Å². The number of imide groups is 1. The van der Waals surface area contributed by atoms with Crippen LogP contribution in [0.15, 0.2) is 72.4 Å². The van der Waals surface area contributed by atoms with Gasteiger partial charge < -0.3 is 14.8 Å². The molecular formula is C28H30N2O4. The lowest BCUT2D eigenvalue weighted by molar-refractivity contribution is -0.137. The lowest BCUT2D eigenvalue weighted by Crippen LogP contribution is -2.34. The highest BCUT2D eigenvalue weighted by Gasteiger charge is 2.39. The van der Waals surface area contributed by atoms with Crippen molar-refractivity contribution < 1.29 is 19.1 Å². The number of carbonyl (C=O) groups is 2. The van der Waals surface area contributed by atoms with Crippen molar-refractivity contribution in [1.82, 2.24) is 4.90 Å². The largest absolute Gasteiger partial charge is 0.491 e. The van der Waals surface area contributed by atoms with Gasteiger partial charge in [0.15, 0.2) is 0 Å². The van der Waals surface area contributed by atoms with Crippen molar-refractivity contribution in [2.45, 2.75) is 33.3 Å². The number of carbonyl (C=O) groups excluding carboxylic acids is 2. The molecule has 1 aliphatic rings. The van der Waals surface area contributed by atoms with Crippen molar-refractivity contribution in [3.63, 3.8) is 0 Å². The van der Waals surface area contributed by atoms with Gasteiger partial charge >= 0.3 is 0 Å². The molecule has 1 N–H and O–H groups in total. The Labute approximate surface area is 200 Å². The molecule has 0 atom stereocenters. The fourth-order valence-corrected chi connectivity index (χ4v) is 4.07. The quantitative estimate of drug-likeness (QED) is 0.332. The average molecular weight is 459 g/mol. The van der Waals surface area contributed by atoms with E-state index in [4.69, 9.17) is 9.47 Å². The van der Waals surface area contributed by atoms with Gasteiger partial charge in [0.1, 0.15) is 11.4 Å². The van der Waals surface area contributed by atoms with Crippen LogP contribution in [0.1, 0.15) is 32.8 Å². The number of benzene rings is 3. The first-order valence-corrected chi connectivity index (χ1v) is 11.7. The fourth-order valence-electron chi connectivity index (χ4n) is 4.07. The van der Waals surface area contributed by atoms with Crippen molar-refractivity contribution in [2.24, 2.45) is 0 Å². The Bertz CT molecular complexity index is 1210. The molecule has 0 unspecified atom stereocenters. The maximum Gasteiger partial charge on any atom is 0.278 e. The molecule has 4 rings (SSSR count). The molecule has 176 valence electrons. The molecule has 0 bridgehead atoms. The predicted molar refractivity (Wildman–Crippen MR) is 135 cm³/mol. The van der Waals surface area contributed by atoms with Gasteiger partial charge in [0.25, 0.3) is 11.8 Å². The van der Waals surface area contributed by atoms with Crippen molar-refractivity contribution in [2.75, 3.05) is 25.1 Å². The van der Waals surface area contributed by atoms with E-state index in [-0.39, 0.29) is 23.6 Å². The van der Waals surface area contributed by atoms with Crippen LogP contribution in [0.25, 0.3) is 16.3 Å². The Morgan fingerprint density at radius 1 is 0.912 bits per heavy atom.